The van der Waals surface area contributed by atoms with Gasteiger partial charge >= 0.3 is 0 Å². The zero-order chi connectivity index (χ0) is 15.9. The van der Waals surface area contributed by atoms with Crippen LogP contribution in [0.3, 0.4) is 0 Å². The molecule has 1 unspecified atom stereocenters. The van der Waals surface area contributed by atoms with Gasteiger partial charge in [-0.05, 0) is 25.8 Å². The van der Waals surface area contributed by atoms with Crippen LogP contribution in [0.15, 0.2) is 36.7 Å². The molecular weight excluding hydrogens is 276 g/mol. The molecule has 0 aliphatic carbocycles. The summed E-state index contributed by atoms with van der Waals surface area (Å²) in [6.07, 6.45) is 4.09. The maximum absolute atomic E-state index is 12.1. The summed E-state index contributed by atoms with van der Waals surface area (Å²) < 4.78 is 0. The Labute approximate surface area is 131 Å². The first-order valence-electron chi connectivity index (χ1n) is 7.50. The van der Waals surface area contributed by atoms with Crippen molar-refractivity contribution in [2.45, 2.75) is 39.8 Å². The molecule has 0 aliphatic rings. The highest BCUT2D eigenvalue weighted by Crippen LogP contribution is 2.06. The minimum atomic E-state index is -0.218. The Morgan fingerprint density at radius 1 is 1.27 bits per heavy atom. The summed E-state index contributed by atoms with van der Waals surface area (Å²) in [7, 11) is 0. The molecule has 1 atom stereocenters. The largest absolute Gasteiger partial charge is 0.366 e. The molecule has 2 rings (SSSR count). The van der Waals surface area contributed by atoms with Crippen molar-refractivity contribution in [3.05, 3.63) is 53.5 Å². The van der Waals surface area contributed by atoms with Gasteiger partial charge in [-0.3, -0.25) is 4.79 Å². The van der Waals surface area contributed by atoms with E-state index in [0.29, 0.717) is 24.1 Å². The van der Waals surface area contributed by atoms with Crippen molar-refractivity contribution in [3.63, 3.8) is 0 Å². The minimum absolute atomic E-state index is 0.218. The normalized spacial score (nSPS) is 11.8. The summed E-state index contributed by atoms with van der Waals surface area (Å²) in [5, 5.41) is 6.07. The van der Waals surface area contributed by atoms with Gasteiger partial charge in [-0.15, -0.1) is 0 Å². The molecule has 1 amide bonds. The van der Waals surface area contributed by atoms with Crippen LogP contribution >= 0.6 is 0 Å². The summed E-state index contributed by atoms with van der Waals surface area (Å²) in [4.78, 5) is 20.4. The van der Waals surface area contributed by atoms with E-state index in [1.807, 2.05) is 31.2 Å². The van der Waals surface area contributed by atoms with Crippen molar-refractivity contribution in [1.82, 2.24) is 15.3 Å². The van der Waals surface area contributed by atoms with Gasteiger partial charge in [0, 0.05) is 12.6 Å². The van der Waals surface area contributed by atoms with E-state index in [1.165, 1.54) is 11.8 Å². The number of amides is 1. The number of hydrogen-bond donors (Lipinski definition) is 2. The number of aromatic nitrogens is 2. The molecule has 0 saturated carbocycles. The Morgan fingerprint density at radius 3 is 2.73 bits per heavy atom. The quantitative estimate of drug-likeness (QED) is 0.860. The van der Waals surface area contributed by atoms with Crippen LogP contribution in [0.1, 0.15) is 41.9 Å². The molecule has 1 aromatic carbocycles. The Morgan fingerprint density at radius 2 is 2.09 bits per heavy atom. The van der Waals surface area contributed by atoms with Gasteiger partial charge in [0.1, 0.15) is 11.5 Å². The number of aryl methyl sites for hydroxylation is 1. The Hall–Kier alpha value is -2.43. The number of carbonyl (C=O) groups excluding carboxylic acids is 1. The third-order valence-corrected chi connectivity index (χ3v) is 3.43. The van der Waals surface area contributed by atoms with Crippen LogP contribution in [0.2, 0.25) is 0 Å². The molecule has 22 heavy (non-hydrogen) atoms. The third kappa shape index (κ3) is 4.55. The minimum Gasteiger partial charge on any atom is -0.366 e. The zero-order valence-corrected chi connectivity index (χ0v) is 13.3. The van der Waals surface area contributed by atoms with Gasteiger partial charge in [-0.1, -0.05) is 36.8 Å². The number of carbonyl (C=O) groups is 1. The molecule has 2 N–H and O–H groups in total. The lowest BCUT2D eigenvalue weighted by Gasteiger charge is -2.11. The second kappa shape index (κ2) is 7.54. The highest BCUT2D eigenvalue weighted by Gasteiger charge is 2.08. The van der Waals surface area contributed by atoms with Crippen LogP contribution in [-0.4, -0.2) is 21.9 Å². The van der Waals surface area contributed by atoms with E-state index < -0.39 is 0 Å². The van der Waals surface area contributed by atoms with Crippen LogP contribution < -0.4 is 10.6 Å². The van der Waals surface area contributed by atoms with E-state index in [2.05, 4.69) is 34.4 Å². The molecule has 116 valence electrons. The topological polar surface area (TPSA) is 66.9 Å². The number of rotatable bonds is 6. The van der Waals surface area contributed by atoms with Gasteiger partial charge in [0.15, 0.2) is 0 Å². The second-order valence-corrected chi connectivity index (χ2v) is 5.41. The Bertz CT molecular complexity index is 625. The Kier molecular flexibility index (Phi) is 5.47. The van der Waals surface area contributed by atoms with Crippen LogP contribution in [0.5, 0.6) is 0 Å². The summed E-state index contributed by atoms with van der Waals surface area (Å²) in [6, 6.07) is 8.37. The van der Waals surface area contributed by atoms with Gasteiger partial charge in [0.05, 0.1) is 12.4 Å². The predicted molar refractivity (Wildman–Crippen MR) is 87.8 cm³/mol. The lowest BCUT2D eigenvalue weighted by atomic mass is 10.1. The molecule has 1 aromatic heterocycles. The lowest BCUT2D eigenvalue weighted by molar-refractivity contribution is 0.0945. The average Bonchev–Trinajstić information content (AvgIpc) is 2.53. The first kappa shape index (κ1) is 15.9. The highest BCUT2D eigenvalue weighted by molar-refractivity contribution is 5.91. The smallest absolute Gasteiger partial charge is 0.271 e. The molecule has 5 nitrogen and oxygen atoms in total. The molecule has 5 heteroatoms. The van der Waals surface area contributed by atoms with Crippen molar-refractivity contribution >= 4 is 11.7 Å². The first-order valence-corrected chi connectivity index (χ1v) is 7.50. The van der Waals surface area contributed by atoms with E-state index in [-0.39, 0.29) is 5.91 Å². The molecule has 2 aromatic rings. The van der Waals surface area contributed by atoms with E-state index in [0.717, 1.165) is 12.0 Å². The number of hydrogen-bond acceptors (Lipinski definition) is 4. The van der Waals surface area contributed by atoms with Gasteiger partial charge < -0.3 is 10.6 Å². The van der Waals surface area contributed by atoms with E-state index in [1.54, 1.807) is 6.20 Å². The SMILES string of the molecule is CCC(C)Nc1cnc(C(=O)NCc2cccc(C)c2)cn1. The second-order valence-electron chi connectivity index (χ2n) is 5.41. The summed E-state index contributed by atoms with van der Waals surface area (Å²) in [6.45, 7) is 6.68. The van der Waals surface area contributed by atoms with Gasteiger partial charge in [0.2, 0.25) is 0 Å². The van der Waals surface area contributed by atoms with Crippen LogP contribution in [-0.2, 0) is 6.54 Å². The van der Waals surface area contributed by atoms with Crippen molar-refractivity contribution in [1.29, 1.82) is 0 Å². The third-order valence-electron chi connectivity index (χ3n) is 3.43. The summed E-state index contributed by atoms with van der Waals surface area (Å²) in [5.74, 6) is 0.466. The van der Waals surface area contributed by atoms with Gasteiger partial charge in [-0.25, -0.2) is 9.97 Å². The molecule has 0 radical (unpaired) electrons. The van der Waals surface area contributed by atoms with Gasteiger partial charge in [0.25, 0.3) is 5.91 Å². The van der Waals surface area contributed by atoms with Crippen LogP contribution in [0.25, 0.3) is 0 Å². The fourth-order valence-electron chi connectivity index (χ4n) is 1.97. The molecule has 0 saturated heterocycles. The molecule has 0 aliphatic heterocycles. The van der Waals surface area contributed by atoms with Crippen LogP contribution in [0.4, 0.5) is 5.82 Å². The Balaban J connectivity index is 1.92. The molecular formula is C17H22N4O. The zero-order valence-electron chi connectivity index (χ0n) is 13.3. The van der Waals surface area contributed by atoms with Crippen LogP contribution in [0, 0.1) is 6.92 Å². The first-order chi connectivity index (χ1) is 10.6. The molecule has 0 bridgehead atoms. The monoisotopic (exact) mass is 298 g/mol. The fourth-order valence-corrected chi connectivity index (χ4v) is 1.97. The maximum atomic E-state index is 12.1. The number of nitrogens with one attached hydrogen (secondary N) is 2. The van der Waals surface area contributed by atoms with Crippen molar-refractivity contribution in [2.24, 2.45) is 0 Å². The van der Waals surface area contributed by atoms with Crippen molar-refractivity contribution in [2.75, 3.05) is 5.32 Å². The lowest BCUT2D eigenvalue weighted by Crippen LogP contribution is -2.24. The predicted octanol–water partition coefficient (Wildman–Crippen LogP) is 2.93. The number of nitrogens with zero attached hydrogens (tertiary/aromatic N) is 2. The van der Waals surface area contributed by atoms with Gasteiger partial charge in [-0.2, -0.15) is 0 Å². The highest BCUT2D eigenvalue weighted by atomic mass is 16.1. The van der Waals surface area contributed by atoms with E-state index in [4.69, 9.17) is 0 Å². The fraction of sp³-hybridized carbons (Fsp3) is 0.353. The molecule has 0 spiro atoms. The molecule has 1 heterocycles. The summed E-state index contributed by atoms with van der Waals surface area (Å²) in [5.41, 5.74) is 2.56. The van der Waals surface area contributed by atoms with E-state index >= 15 is 0 Å². The van der Waals surface area contributed by atoms with Crippen molar-refractivity contribution < 1.29 is 4.79 Å². The average molecular weight is 298 g/mol. The standard InChI is InChI=1S/C17H22N4O/c1-4-13(3)21-16-11-18-15(10-19-16)17(22)20-9-14-7-5-6-12(2)8-14/h5-8,10-11,13H,4,9H2,1-3H3,(H,19,21)(H,20,22). The summed E-state index contributed by atoms with van der Waals surface area (Å²) >= 11 is 0. The number of benzene rings is 1. The molecule has 0 fully saturated rings. The van der Waals surface area contributed by atoms with E-state index in [9.17, 15) is 4.79 Å². The number of anilines is 1. The van der Waals surface area contributed by atoms with Crippen molar-refractivity contribution in [3.8, 4) is 0 Å². The maximum Gasteiger partial charge on any atom is 0.271 e.